The maximum absolute atomic E-state index is 13.2. The molecule has 9 saturated heterocycles. The maximum Gasteiger partial charge on any atom is 0.217 e. The van der Waals surface area contributed by atoms with Crippen molar-refractivity contribution >= 4 is 29.5 Å². The van der Waals surface area contributed by atoms with Crippen LogP contribution in [0.5, 0.6) is 0 Å². The van der Waals surface area contributed by atoms with Gasteiger partial charge in [0.1, 0.15) is 213 Å². The molecule has 114 heavy (non-hydrogen) atoms. The molecule has 45 atom stereocenters. The van der Waals surface area contributed by atoms with Gasteiger partial charge in [0.05, 0.1) is 59.0 Å². The molecular weight excluding hydrogens is 1560 g/mol. The summed E-state index contributed by atoms with van der Waals surface area (Å²) in [5.74, 6) is -4.39. The number of ether oxygens (including phenoxy) is 17. The van der Waals surface area contributed by atoms with E-state index in [1.165, 1.54) is 6.92 Å². The van der Waals surface area contributed by atoms with Crippen LogP contribution in [0.4, 0.5) is 0 Å². The lowest BCUT2D eigenvalue weighted by atomic mass is 9.93. The van der Waals surface area contributed by atoms with Gasteiger partial charge in [-0.1, -0.05) is 0 Å². The molecule has 5 amide bonds. The van der Waals surface area contributed by atoms with Crippen molar-refractivity contribution in [2.24, 2.45) is 0 Å². The Kier molecular flexibility index (Phi) is 33.6. The molecule has 9 rings (SSSR count). The highest BCUT2D eigenvalue weighted by Gasteiger charge is 2.61. The fraction of sp³-hybridized carbons (Fsp3) is 0.922. The van der Waals surface area contributed by atoms with E-state index in [1.807, 2.05) is 0 Å². The third-order valence-electron chi connectivity index (χ3n) is 20.7. The number of carbonyl (C=O) groups excluding carboxylic acids is 5. The lowest BCUT2D eigenvalue weighted by molar-refractivity contribution is -0.396. The van der Waals surface area contributed by atoms with Gasteiger partial charge in [0.15, 0.2) is 56.6 Å². The van der Waals surface area contributed by atoms with E-state index in [0.29, 0.717) is 0 Å². The average Bonchev–Trinajstić information content (AvgIpc) is 0.759. The lowest BCUT2D eigenvalue weighted by Gasteiger charge is -2.51. The summed E-state index contributed by atoms with van der Waals surface area (Å²) in [5, 5.41) is 269. The van der Waals surface area contributed by atoms with E-state index in [-0.39, 0.29) is 0 Å². The van der Waals surface area contributed by atoms with Crippen molar-refractivity contribution in [1.29, 1.82) is 0 Å². The number of hydrogen-bond acceptors (Lipinski definition) is 45. The predicted octanol–water partition coefficient (Wildman–Crippen LogP) is -18.9. The molecule has 658 valence electrons. The van der Waals surface area contributed by atoms with Crippen LogP contribution in [-0.2, 0) is 104 Å². The second-order valence-corrected chi connectivity index (χ2v) is 28.9. The SMILES string of the molecule is CC(=O)N[C@H]1[C@H](O[C@H]2[C@H](O)[C@@H](NC(C)=O)C(O)O[C@@H]2CO[C@@H]2O[C@@H](C)[C@@H](O)[C@@H](O)[C@@H]2O)O[C@H](CO)[C@@H](O[C@@H]2O[C@H](CO[C@H]3O[C@H](CO)[C@@H](O)[C@H](O)[C@@H]3O[C@@H]3O[C@H](CO)[C@@H](O[C@@H]4O[C@H](CO)[C@H](O)[C@H](O)[C@H]4NC(C)=O)[C@H](O)[C@H]3NC(C)=O)[C@@H](O)[C@H](O[C@H]3O[C@H](CO)[C@@H](O)[C@H](O)[C@@H]3O[C@@H]3O[C@H](CO)[C@@H](O)[C@H](O)[C@H]3NC(C)=O)[C@@H]2O)[C@@H]1O. The largest absolute Gasteiger partial charge is 0.394 e. The number of aliphatic hydroxyl groups excluding tert-OH is 23. The number of rotatable bonds is 29. The van der Waals surface area contributed by atoms with E-state index in [0.717, 1.165) is 34.6 Å². The van der Waals surface area contributed by atoms with Crippen LogP contribution in [0.3, 0.4) is 0 Å². The summed E-state index contributed by atoms with van der Waals surface area (Å²) in [6, 6.07) is -9.06. The van der Waals surface area contributed by atoms with Crippen LogP contribution in [0, 0.1) is 0 Å². The molecular formula is C64H107N5O45. The molecule has 0 aromatic heterocycles. The first-order valence-electron chi connectivity index (χ1n) is 36.5. The smallest absolute Gasteiger partial charge is 0.217 e. The van der Waals surface area contributed by atoms with Gasteiger partial charge in [0, 0.05) is 34.6 Å². The predicted molar refractivity (Wildman–Crippen MR) is 354 cm³/mol. The summed E-state index contributed by atoms with van der Waals surface area (Å²) in [7, 11) is 0. The summed E-state index contributed by atoms with van der Waals surface area (Å²) in [6.45, 7) is -2.37. The third-order valence-corrected chi connectivity index (χ3v) is 20.7. The topological polar surface area (TPSA) is 768 Å². The van der Waals surface area contributed by atoms with Gasteiger partial charge in [-0.05, 0) is 6.92 Å². The molecule has 1 unspecified atom stereocenters. The minimum Gasteiger partial charge on any atom is -0.394 e. The van der Waals surface area contributed by atoms with Crippen molar-refractivity contribution in [3.05, 3.63) is 0 Å². The molecule has 0 aromatic carbocycles. The van der Waals surface area contributed by atoms with E-state index in [9.17, 15) is 141 Å². The molecule has 50 nitrogen and oxygen atoms in total. The Bertz CT molecular complexity index is 3080. The minimum absolute atomic E-state index is 0.795. The van der Waals surface area contributed by atoms with Crippen molar-refractivity contribution in [3.8, 4) is 0 Å². The van der Waals surface area contributed by atoms with Gasteiger partial charge >= 0.3 is 0 Å². The Morgan fingerprint density at radius 2 is 0.544 bits per heavy atom. The first-order chi connectivity index (χ1) is 53.8. The Labute approximate surface area is 646 Å². The van der Waals surface area contributed by atoms with E-state index in [2.05, 4.69) is 26.6 Å². The number of amides is 5. The van der Waals surface area contributed by atoms with E-state index >= 15 is 0 Å². The summed E-state index contributed by atoms with van der Waals surface area (Å²) < 4.78 is 102. The van der Waals surface area contributed by atoms with Gasteiger partial charge < -0.3 is 225 Å². The van der Waals surface area contributed by atoms with Crippen LogP contribution in [0.25, 0.3) is 0 Å². The molecule has 0 radical (unpaired) electrons. The Morgan fingerprint density at radius 1 is 0.246 bits per heavy atom. The van der Waals surface area contributed by atoms with Gasteiger partial charge in [0.25, 0.3) is 0 Å². The van der Waals surface area contributed by atoms with Crippen LogP contribution in [-0.4, -0.2) is 476 Å². The van der Waals surface area contributed by atoms with Crippen molar-refractivity contribution in [1.82, 2.24) is 26.6 Å². The Hall–Kier alpha value is -4.25. The van der Waals surface area contributed by atoms with Gasteiger partial charge in [-0.25, -0.2) is 0 Å². The third kappa shape index (κ3) is 21.0. The Balaban J connectivity index is 1.05. The normalized spacial score (nSPS) is 48.2. The van der Waals surface area contributed by atoms with Crippen molar-refractivity contribution in [2.75, 3.05) is 52.9 Å². The molecule has 0 bridgehead atoms. The maximum atomic E-state index is 13.2. The summed E-state index contributed by atoms with van der Waals surface area (Å²) in [5.41, 5.74) is 0. The molecule has 50 heteroatoms. The molecule has 9 fully saturated rings. The highest BCUT2D eigenvalue weighted by Crippen LogP contribution is 2.40. The molecule has 9 aliphatic rings. The number of nitrogens with one attached hydrogen (secondary N) is 5. The van der Waals surface area contributed by atoms with Crippen LogP contribution in [0.2, 0.25) is 0 Å². The number of carbonyl (C=O) groups is 5. The highest BCUT2D eigenvalue weighted by atomic mass is 16.8. The monoisotopic (exact) mass is 1670 g/mol. The van der Waals surface area contributed by atoms with Crippen molar-refractivity contribution in [3.63, 3.8) is 0 Å². The summed E-state index contributed by atoms with van der Waals surface area (Å²) in [4.78, 5) is 63.4. The van der Waals surface area contributed by atoms with E-state index in [1.54, 1.807) is 0 Å². The van der Waals surface area contributed by atoms with Crippen LogP contribution in [0.15, 0.2) is 0 Å². The van der Waals surface area contributed by atoms with E-state index < -0.39 is 358 Å². The van der Waals surface area contributed by atoms with Gasteiger partial charge in [-0.15, -0.1) is 0 Å². The first-order valence-corrected chi connectivity index (χ1v) is 36.5. The molecule has 28 N–H and O–H groups in total. The molecule has 9 heterocycles. The summed E-state index contributed by atoms with van der Waals surface area (Å²) in [6.07, 6.45) is -81.1. The highest BCUT2D eigenvalue weighted by molar-refractivity contribution is 5.75. The number of aliphatic hydroxyl groups is 23. The van der Waals surface area contributed by atoms with Gasteiger partial charge in [-0.3, -0.25) is 24.0 Å². The Morgan fingerprint density at radius 3 is 0.956 bits per heavy atom. The molecule has 0 aliphatic carbocycles. The second kappa shape index (κ2) is 40.9. The van der Waals surface area contributed by atoms with Gasteiger partial charge in [-0.2, -0.15) is 0 Å². The quantitative estimate of drug-likeness (QED) is 0.0331. The first kappa shape index (κ1) is 93.6. The van der Waals surface area contributed by atoms with E-state index in [4.69, 9.17) is 80.5 Å². The lowest BCUT2D eigenvalue weighted by Crippen LogP contribution is -2.71. The molecule has 0 aromatic rings. The van der Waals surface area contributed by atoms with Crippen LogP contribution < -0.4 is 26.6 Å². The molecule has 0 spiro atoms. The molecule has 9 aliphatic heterocycles. The van der Waals surface area contributed by atoms with Gasteiger partial charge in [0.2, 0.25) is 29.5 Å². The minimum atomic E-state index is -2.56. The van der Waals surface area contributed by atoms with Crippen molar-refractivity contribution in [2.45, 2.75) is 318 Å². The second-order valence-electron chi connectivity index (χ2n) is 28.9. The van der Waals surface area contributed by atoms with Crippen LogP contribution in [0.1, 0.15) is 41.5 Å². The van der Waals surface area contributed by atoms with Crippen LogP contribution >= 0.6 is 0 Å². The van der Waals surface area contributed by atoms with Crippen molar-refractivity contribution < 1.29 is 222 Å². The average molecular weight is 1670 g/mol. The fourth-order valence-corrected chi connectivity index (χ4v) is 14.7. The zero-order chi connectivity index (χ0) is 84.1. The molecule has 0 saturated carbocycles. The standard InChI is InChI=1S/C64H107N5O45/c1-15-34(81)45(92)48(95)61(100-15)98-14-28-52(42(89)29(56(97)101-28)65-16(2)76)110-59-32(68-19(5)79)44(91)51(26(12-75)106-59)111-62-49(96)53(112-64-55(47(94)38(85)24(10-73)105-64)114-58-31(67-18(4)78)41(88)36(83)22(8-71)103-58)39(86)27(108-62)13-99-63-54(46(93)37(84)23(9-72)104-63)113-60-33(69-20(6)80)43(90)50(25(11-74)107-60)109-57-30(66-17(3)77)40(87)35(82)21(7-70)102-57/h15,21-64,70-75,81-97H,7-14H2,1-6H3,(H,65,76)(H,66,77)(H,67,78)(H,68,79)(H,69,80)/t15-,21+,22+,23+,24+,25+,26+,27+,28+,29+,30+,31+,32+,33+,34+,35-,36+,37+,38+,39+,40+,41+,42+,43+,44+,45+,46-,47-,48-,49-,50+,51+,52+,53-,54-,55-,56?,57-,58-,59-,60-,61+,62-,63-,64+/m0/s1. The summed E-state index contributed by atoms with van der Waals surface area (Å²) >= 11 is 0. The fourth-order valence-electron chi connectivity index (χ4n) is 14.7. The zero-order valence-corrected chi connectivity index (χ0v) is 61.9. The zero-order valence-electron chi connectivity index (χ0n) is 61.9. The number of hydrogen-bond donors (Lipinski definition) is 28.